The summed E-state index contributed by atoms with van der Waals surface area (Å²) in [5, 5.41) is 2.00. The summed E-state index contributed by atoms with van der Waals surface area (Å²) in [6, 6.07) is 3.97. The van der Waals surface area contributed by atoms with Gasteiger partial charge in [0.15, 0.2) is 0 Å². The number of nitrogen functional groups attached to an aromatic ring is 1. The molecule has 0 saturated heterocycles. The molecule has 17 heavy (non-hydrogen) atoms. The van der Waals surface area contributed by atoms with Gasteiger partial charge in [-0.3, -0.25) is 4.99 Å². The van der Waals surface area contributed by atoms with E-state index in [-0.39, 0.29) is 0 Å². The van der Waals surface area contributed by atoms with Crippen molar-refractivity contribution in [2.24, 2.45) is 4.99 Å². The number of nitrogens with zero attached hydrogens (tertiary/aromatic N) is 3. The highest BCUT2D eigenvalue weighted by Crippen LogP contribution is 2.27. The molecule has 0 aromatic carbocycles. The van der Waals surface area contributed by atoms with Crippen molar-refractivity contribution >= 4 is 28.9 Å². The molecule has 5 heteroatoms. The molecular formula is C12H12N4S. The number of thiophene rings is 1. The molecule has 4 nitrogen and oxygen atoms in total. The molecule has 0 amide bonds. The lowest BCUT2D eigenvalue weighted by Crippen LogP contribution is -2.04. The van der Waals surface area contributed by atoms with Crippen LogP contribution in [0.3, 0.4) is 0 Å². The molecule has 0 aliphatic carbocycles. The van der Waals surface area contributed by atoms with Crippen molar-refractivity contribution in [1.29, 1.82) is 0 Å². The fourth-order valence-electron chi connectivity index (χ4n) is 1.47. The van der Waals surface area contributed by atoms with Gasteiger partial charge in [-0.1, -0.05) is 12.6 Å². The average Bonchev–Trinajstić information content (AvgIpc) is 2.85. The summed E-state index contributed by atoms with van der Waals surface area (Å²) < 4.78 is 0. The summed E-state index contributed by atoms with van der Waals surface area (Å²) in [4.78, 5) is 13.2. The first-order valence-corrected chi connectivity index (χ1v) is 5.87. The number of nitrogens with two attached hydrogens (primary N) is 1. The van der Waals surface area contributed by atoms with Crippen LogP contribution in [-0.4, -0.2) is 23.2 Å². The molecule has 0 aliphatic heterocycles. The lowest BCUT2D eigenvalue weighted by Gasteiger charge is -2.07. The second kappa shape index (κ2) is 4.88. The van der Waals surface area contributed by atoms with Crippen molar-refractivity contribution in [3.63, 3.8) is 0 Å². The maximum atomic E-state index is 5.82. The molecular weight excluding hydrogens is 232 g/mol. The first-order chi connectivity index (χ1) is 8.24. The maximum Gasteiger partial charge on any atom is 0.136 e. The van der Waals surface area contributed by atoms with E-state index in [1.807, 2.05) is 17.5 Å². The monoisotopic (exact) mass is 244 g/mol. The Morgan fingerprint density at radius 2 is 2.35 bits per heavy atom. The predicted octanol–water partition coefficient (Wildman–Crippen LogP) is 2.23. The van der Waals surface area contributed by atoms with Crippen LogP contribution in [0, 0.1) is 0 Å². The van der Waals surface area contributed by atoms with E-state index in [4.69, 9.17) is 5.73 Å². The lowest BCUT2D eigenvalue weighted by atomic mass is 10.1. The normalized spacial score (nSPS) is 10.9. The molecule has 2 aromatic rings. The van der Waals surface area contributed by atoms with Gasteiger partial charge in [-0.2, -0.15) is 0 Å². The Bertz CT molecular complexity index is 558. The zero-order valence-corrected chi connectivity index (χ0v) is 10.2. The first-order valence-electron chi connectivity index (χ1n) is 5.00. The standard InChI is InChI=1S/C12H12N4S/c1-8(10-4-3-5-17-10)11-9(6-14-2)12(13)16-7-15-11/h3-7H,1H2,2H3,(H2,13,15,16). The molecule has 0 bridgehead atoms. The number of rotatable bonds is 3. The molecule has 0 spiro atoms. The highest BCUT2D eigenvalue weighted by atomic mass is 32.1. The van der Waals surface area contributed by atoms with E-state index in [2.05, 4.69) is 21.5 Å². The third-order valence-electron chi connectivity index (χ3n) is 2.28. The Morgan fingerprint density at radius 1 is 1.53 bits per heavy atom. The molecule has 0 radical (unpaired) electrons. The Balaban J connectivity index is 2.52. The summed E-state index contributed by atoms with van der Waals surface area (Å²) in [6.07, 6.45) is 3.10. The molecule has 0 saturated carbocycles. The van der Waals surface area contributed by atoms with E-state index >= 15 is 0 Å². The van der Waals surface area contributed by atoms with Gasteiger partial charge in [0.05, 0.1) is 11.3 Å². The van der Waals surface area contributed by atoms with Gasteiger partial charge in [-0.05, 0) is 11.4 Å². The molecule has 2 N–H and O–H groups in total. The first kappa shape index (κ1) is 11.5. The van der Waals surface area contributed by atoms with Crippen LogP contribution in [0.1, 0.15) is 16.1 Å². The van der Waals surface area contributed by atoms with Crippen LogP contribution in [0.5, 0.6) is 0 Å². The molecule has 0 fully saturated rings. The average molecular weight is 244 g/mol. The summed E-state index contributed by atoms with van der Waals surface area (Å²) >= 11 is 1.61. The summed E-state index contributed by atoms with van der Waals surface area (Å²) in [7, 11) is 1.68. The maximum absolute atomic E-state index is 5.82. The summed E-state index contributed by atoms with van der Waals surface area (Å²) in [6.45, 7) is 4.05. The van der Waals surface area contributed by atoms with E-state index in [0.29, 0.717) is 11.4 Å². The Hall–Kier alpha value is -2.01. The fraction of sp³-hybridized carbons (Fsp3) is 0.0833. The minimum atomic E-state index is 0.415. The predicted molar refractivity (Wildman–Crippen MR) is 72.4 cm³/mol. The highest BCUT2D eigenvalue weighted by molar-refractivity contribution is 7.11. The van der Waals surface area contributed by atoms with Crippen molar-refractivity contribution < 1.29 is 0 Å². The smallest absolute Gasteiger partial charge is 0.136 e. The third kappa shape index (κ3) is 2.24. The van der Waals surface area contributed by atoms with Crippen LogP contribution in [0.25, 0.3) is 5.57 Å². The van der Waals surface area contributed by atoms with Crippen molar-refractivity contribution in [3.8, 4) is 0 Å². The minimum Gasteiger partial charge on any atom is -0.383 e. The van der Waals surface area contributed by atoms with Crippen molar-refractivity contribution in [2.75, 3.05) is 12.8 Å². The van der Waals surface area contributed by atoms with E-state index in [1.165, 1.54) is 6.33 Å². The second-order valence-electron chi connectivity index (χ2n) is 3.36. The molecule has 2 heterocycles. The quantitative estimate of drug-likeness (QED) is 0.842. The van der Waals surface area contributed by atoms with Gasteiger partial charge < -0.3 is 5.73 Å². The van der Waals surface area contributed by atoms with E-state index in [1.54, 1.807) is 24.6 Å². The Morgan fingerprint density at radius 3 is 3.00 bits per heavy atom. The molecule has 0 unspecified atom stereocenters. The van der Waals surface area contributed by atoms with Gasteiger partial charge >= 0.3 is 0 Å². The fourth-order valence-corrected chi connectivity index (χ4v) is 2.17. The second-order valence-corrected chi connectivity index (χ2v) is 4.31. The van der Waals surface area contributed by atoms with Gasteiger partial charge in [-0.15, -0.1) is 11.3 Å². The van der Waals surface area contributed by atoms with Crippen molar-refractivity contribution in [3.05, 3.63) is 46.6 Å². The summed E-state index contributed by atoms with van der Waals surface area (Å²) in [5.74, 6) is 0.415. The number of anilines is 1. The van der Waals surface area contributed by atoms with Crippen LogP contribution < -0.4 is 5.73 Å². The Labute approximate surface area is 104 Å². The SMILES string of the molecule is C=C(c1cccs1)c1ncnc(N)c1C=NC. The van der Waals surface area contributed by atoms with Crippen LogP contribution >= 0.6 is 11.3 Å². The van der Waals surface area contributed by atoms with Gasteiger partial charge in [-0.25, -0.2) is 9.97 Å². The van der Waals surface area contributed by atoms with Crippen LogP contribution in [0.2, 0.25) is 0 Å². The van der Waals surface area contributed by atoms with Crippen molar-refractivity contribution in [1.82, 2.24) is 9.97 Å². The zero-order valence-electron chi connectivity index (χ0n) is 9.42. The van der Waals surface area contributed by atoms with Crippen LogP contribution in [0.15, 0.2) is 35.4 Å². The molecule has 0 aliphatic rings. The van der Waals surface area contributed by atoms with Gasteiger partial charge in [0, 0.05) is 23.7 Å². The minimum absolute atomic E-state index is 0.415. The molecule has 86 valence electrons. The summed E-state index contributed by atoms with van der Waals surface area (Å²) in [5.41, 5.74) is 8.10. The number of hydrogen-bond acceptors (Lipinski definition) is 5. The van der Waals surface area contributed by atoms with Gasteiger partial charge in [0.1, 0.15) is 12.1 Å². The van der Waals surface area contributed by atoms with Crippen LogP contribution in [-0.2, 0) is 0 Å². The van der Waals surface area contributed by atoms with Gasteiger partial charge in [0.25, 0.3) is 0 Å². The number of aromatic nitrogens is 2. The topological polar surface area (TPSA) is 64.2 Å². The van der Waals surface area contributed by atoms with Crippen LogP contribution in [0.4, 0.5) is 5.82 Å². The van der Waals surface area contributed by atoms with Crippen molar-refractivity contribution in [2.45, 2.75) is 0 Å². The van der Waals surface area contributed by atoms with E-state index in [0.717, 1.165) is 16.1 Å². The third-order valence-corrected chi connectivity index (χ3v) is 3.21. The zero-order chi connectivity index (χ0) is 12.3. The lowest BCUT2D eigenvalue weighted by molar-refractivity contribution is 1.14. The number of aliphatic imine (C=N–C) groups is 1. The Kier molecular flexibility index (Phi) is 3.30. The molecule has 0 atom stereocenters. The largest absolute Gasteiger partial charge is 0.383 e. The van der Waals surface area contributed by atoms with Gasteiger partial charge in [0.2, 0.25) is 0 Å². The highest BCUT2D eigenvalue weighted by Gasteiger charge is 2.12. The molecule has 2 rings (SSSR count). The molecule has 2 aromatic heterocycles. The number of hydrogen-bond donors (Lipinski definition) is 1. The van der Waals surface area contributed by atoms with E-state index < -0.39 is 0 Å². The van der Waals surface area contributed by atoms with E-state index in [9.17, 15) is 0 Å².